The van der Waals surface area contributed by atoms with Crippen molar-refractivity contribution in [3.8, 4) is 0 Å². The molecule has 0 fully saturated rings. The number of hydrogen-bond donors (Lipinski definition) is 1. The molecule has 0 saturated heterocycles. The summed E-state index contributed by atoms with van der Waals surface area (Å²) in [6, 6.07) is 4.88. The van der Waals surface area contributed by atoms with Crippen LogP contribution in [0.1, 0.15) is 10.4 Å². The zero-order valence-corrected chi connectivity index (χ0v) is 9.62. The van der Waals surface area contributed by atoms with Crippen molar-refractivity contribution in [3.05, 3.63) is 29.8 Å². The van der Waals surface area contributed by atoms with E-state index in [-0.39, 0.29) is 10.5 Å². The molecule has 0 unspecified atom stereocenters. The summed E-state index contributed by atoms with van der Waals surface area (Å²) in [5.74, 6) is -3.49. The van der Waals surface area contributed by atoms with Gasteiger partial charge in [-0.2, -0.15) is 22.0 Å². The molecule has 1 aromatic rings. The smallest absolute Gasteiger partial charge is 0.343 e. The van der Waals surface area contributed by atoms with E-state index in [0.29, 0.717) is 11.8 Å². The van der Waals surface area contributed by atoms with Gasteiger partial charge in [0.1, 0.15) is 6.54 Å². The molecule has 2 nitrogen and oxygen atoms in total. The van der Waals surface area contributed by atoms with Gasteiger partial charge in [0, 0.05) is 10.5 Å². The highest BCUT2D eigenvalue weighted by Gasteiger charge is 2.27. The van der Waals surface area contributed by atoms with Gasteiger partial charge in [-0.25, -0.2) is 0 Å². The molecule has 0 aliphatic carbocycles. The van der Waals surface area contributed by atoms with E-state index in [1.54, 1.807) is 5.32 Å². The third-order valence-electron chi connectivity index (χ3n) is 1.79. The highest BCUT2D eigenvalue weighted by atomic mass is 32.2. The number of halogens is 5. The summed E-state index contributed by atoms with van der Waals surface area (Å²) in [7, 11) is 0. The average Bonchev–Trinajstić information content (AvgIpc) is 2.25. The number of carbonyl (C=O) groups is 1. The maximum absolute atomic E-state index is 12.0. The largest absolute Gasteiger partial charge is 0.405 e. The van der Waals surface area contributed by atoms with Gasteiger partial charge in [0.2, 0.25) is 0 Å². The zero-order valence-electron chi connectivity index (χ0n) is 8.80. The SMILES string of the molecule is O=C(NCC(F)(F)F)c1ccc(SC(F)F)cc1. The predicted octanol–water partition coefficient (Wildman–Crippen LogP) is 3.29. The van der Waals surface area contributed by atoms with Crippen molar-refractivity contribution in [1.82, 2.24) is 5.32 Å². The molecule has 0 saturated carbocycles. The van der Waals surface area contributed by atoms with Crippen LogP contribution in [0.5, 0.6) is 0 Å². The zero-order chi connectivity index (χ0) is 13.8. The van der Waals surface area contributed by atoms with Crippen molar-refractivity contribution in [3.63, 3.8) is 0 Å². The molecule has 0 aliphatic rings. The lowest BCUT2D eigenvalue weighted by molar-refractivity contribution is -0.123. The minimum atomic E-state index is -4.48. The van der Waals surface area contributed by atoms with Gasteiger partial charge in [0.25, 0.3) is 11.7 Å². The minimum Gasteiger partial charge on any atom is -0.343 e. The number of nitrogens with one attached hydrogen (secondary N) is 1. The van der Waals surface area contributed by atoms with Gasteiger partial charge in [-0.05, 0) is 24.3 Å². The molecule has 100 valence electrons. The van der Waals surface area contributed by atoms with E-state index < -0.39 is 24.4 Å². The summed E-state index contributed by atoms with van der Waals surface area (Å²) >= 11 is 0.291. The molecule has 1 N–H and O–H groups in total. The van der Waals surface area contributed by atoms with Crippen LogP contribution in [0.15, 0.2) is 29.2 Å². The Kier molecular flexibility index (Phi) is 4.94. The fourth-order valence-corrected chi connectivity index (χ4v) is 1.57. The van der Waals surface area contributed by atoms with Crippen LogP contribution in [0.3, 0.4) is 0 Å². The van der Waals surface area contributed by atoms with E-state index in [9.17, 15) is 26.7 Å². The number of amides is 1. The lowest BCUT2D eigenvalue weighted by Crippen LogP contribution is -2.33. The maximum Gasteiger partial charge on any atom is 0.405 e. The highest BCUT2D eigenvalue weighted by molar-refractivity contribution is 7.99. The Hall–Kier alpha value is -1.31. The van der Waals surface area contributed by atoms with Gasteiger partial charge in [-0.1, -0.05) is 11.8 Å². The maximum atomic E-state index is 12.0. The van der Waals surface area contributed by atoms with Crippen LogP contribution in [0, 0.1) is 0 Å². The summed E-state index contributed by atoms with van der Waals surface area (Å²) in [6.07, 6.45) is -4.48. The molecule has 0 bridgehead atoms. The third kappa shape index (κ3) is 5.35. The van der Waals surface area contributed by atoms with Gasteiger partial charge >= 0.3 is 6.18 Å². The molecular weight excluding hydrogens is 277 g/mol. The summed E-state index contributed by atoms with van der Waals surface area (Å²) < 4.78 is 59.5. The van der Waals surface area contributed by atoms with Crippen LogP contribution >= 0.6 is 11.8 Å². The molecule has 0 spiro atoms. The van der Waals surface area contributed by atoms with Crippen molar-refractivity contribution in [2.24, 2.45) is 0 Å². The van der Waals surface area contributed by atoms with Crippen LogP contribution in [-0.4, -0.2) is 24.4 Å². The molecule has 1 amide bonds. The predicted molar refractivity (Wildman–Crippen MR) is 56.7 cm³/mol. The number of hydrogen-bond acceptors (Lipinski definition) is 2. The van der Waals surface area contributed by atoms with E-state index in [2.05, 4.69) is 0 Å². The molecule has 1 rings (SSSR count). The van der Waals surface area contributed by atoms with Gasteiger partial charge in [0.05, 0.1) is 0 Å². The molecule has 0 aliphatic heterocycles. The second-order valence-electron chi connectivity index (χ2n) is 3.20. The lowest BCUT2D eigenvalue weighted by Gasteiger charge is -2.08. The first-order valence-electron chi connectivity index (χ1n) is 4.68. The fraction of sp³-hybridized carbons (Fsp3) is 0.300. The number of benzene rings is 1. The van der Waals surface area contributed by atoms with E-state index in [0.717, 1.165) is 0 Å². The van der Waals surface area contributed by atoms with Crippen molar-refractivity contribution in [2.45, 2.75) is 16.8 Å². The van der Waals surface area contributed by atoms with Crippen LogP contribution < -0.4 is 5.32 Å². The number of rotatable bonds is 4. The van der Waals surface area contributed by atoms with Crippen LogP contribution in [-0.2, 0) is 0 Å². The molecule has 0 radical (unpaired) electrons. The Labute approximate surface area is 104 Å². The number of thioether (sulfide) groups is 1. The monoisotopic (exact) mass is 285 g/mol. The Bertz CT molecular complexity index is 404. The Morgan fingerprint density at radius 3 is 2.22 bits per heavy atom. The fourth-order valence-electron chi connectivity index (χ4n) is 1.07. The van der Waals surface area contributed by atoms with Gasteiger partial charge in [0.15, 0.2) is 0 Å². The second-order valence-corrected chi connectivity index (χ2v) is 4.26. The van der Waals surface area contributed by atoms with Gasteiger partial charge < -0.3 is 5.32 Å². The second kappa shape index (κ2) is 6.03. The summed E-state index contributed by atoms with van der Waals surface area (Å²) in [6.45, 7) is -1.43. The normalized spacial score (nSPS) is 11.7. The molecule has 0 heterocycles. The van der Waals surface area contributed by atoms with Gasteiger partial charge in [-0.15, -0.1) is 0 Å². The molecule has 0 aromatic heterocycles. The van der Waals surface area contributed by atoms with Crippen LogP contribution in [0.2, 0.25) is 0 Å². The van der Waals surface area contributed by atoms with E-state index >= 15 is 0 Å². The Balaban J connectivity index is 2.59. The summed E-state index contributed by atoms with van der Waals surface area (Å²) in [5.41, 5.74) is -0.0159. The molecule has 1 aromatic carbocycles. The Morgan fingerprint density at radius 1 is 1.22 bits per heavy atom. The quantitative estimate of drug-likeness (QED) is 0.679. The molecular formula is C10H8F5NOS. The van der Waals surface area contributed by atoms with Crippen molar-refractivity contribution in [1.29, 1.82) is 0 Å². The molecule has 0 atom stereocenters. The lowest BCUT2D eigenvalue weighted by atomic mass is 10.2. The molecule has 18 heavy (non-hydrogen) atoms. The summed E-state index contributed by atoms with van der Waals surface area (Å²) in [5, 5.41) is 1.68. The third-order valence-corrected chi connectivity index (χ3v) is 2.51. The van der Waals surface area contributed by atoms with E-state index in [4.69, 9.17) is 0 Å². The van der Waals surface area contributed by atoms with Crippen molar-refractivity contribution >= 4 is 17.7 Å². The first-order chi connectivity index (χ1) is 8.28. The van der Waals surface area contributed by atoms with Gasteiger partial charge in [-0.3, -0.25) is 4.79 Å². The first kappa shape index (κ1) is 14.7. The standard InChI is InChI=1S/C10H8F5NOS/c11-9(12)18-7-3-1-6(2-4-7)8(17)16-5-10(13,14)15/h1-4,9H,5H2,(H,16,17). The Morgan fingerprint density at radius 2 is 1.78 bits per heavy atom. The first-order valence-corrected chi connectivity index (χ1v) is 5.56. The van der Waals surface area contributed by atoms with Crippen LogP contribution in [0.25, 0.3) is 0 Å². The minimum absolute atomic E-state index is 0.0159. The van der Waals surface area contributed by atoms with Crippen molar-refractivity contribution in [2.75, 3.05) is 6.54 Å². The number of alkyl halides is 5. The topological polar surface area (TPSA) is 29.1 Å². The van der Waals surface area contributed by atoms with Crippen LogP contribution in [0.4, 0.5) is 22.0 Å². The number of carbonyl (C=O) groups excluding carboxylic acids is 1. The van der Waals surface area contributed by atoms with Crippen molar-refractivity contribution < 1.29 is 26.7 Å². The average molecular weight is 285 g/mol. The molecule has 8 heteroatoms. The van der Waals surface area contributed by atoms with E-state index in [1.165, 1.54) is 24.3 Å². The summed E-state index contributed by atoms with van der Waals surface area (Å²) in [4.78, 5) is 11.5. The van der Waals surface area contributed by atoms with E-state index in [1.807, 2.05) is 0 Å². The highest BCUT2D eigenvalue weighted by Crippen LogP contribution is 2.25.